The van der Waals surface area contributed by atoms with Gasteiger partial charge < -0.3 is 20.1 Å². The lowest BCUT2D eigenvalue weighted by Crippen LogP contribution is -2.20. The molecule has 7 nitrogen and oxygen atoms in total. The summed E-state index contributed by atoms with van der Waals surface area (Å²) in [7, 11) is 1.27. The Bertz CT molecular complexity index is 818. The van der Waals surface area contributed by atoms with E-state index < -0.39 is 11.9 Å². The van der Waals surface area contributed by atoms with Crippen LogP contribution in [0, 0.1) is 0 Å². The summed E-state index contributed by atoms with van der Waals surface area (Å²) in [4.78, 5) is 28.4. The van der Waals surface area contributed by atoms with Crippen LogP contribution in [0.25, 0.3) is 5.57 Å². The largest absolute Gasteiger partial charge is 0.464 e. The molecule has 1 aromatic heterocycles. The second-order valence-corrected chi connectivity index (χ2v) is 5.20. The van der Waals surface area contributed by atoms with Crippen molar-refractivity contribution in [1.29, 1.82) is 0 Å². The minimum Gasteiger partial charge on any atom is -0.464 e. The van der Waals surface area contributed by atoms with Gasteiger partial charge in [0.15, 0.2) is 0 Å². The summed E-state index contributed by atoms with van der Waals surface area (Å²) in [6.07, 6.45) is 4.39. The zero-order chi connectivity index (χ0) is 19.5. The van der Waals surface area contributed by atoms with Crippen molar-refractivity contribution in [2.75, 3.05) is 19.0 Å². The zero-order valence-electron chi connectivity index (χ0n) is 15.1. The van der Waals surface area contributed by atoms with Crippen LogP contribution in [0.3, 0.4) is 0 Å². The van der Waals surface area contributed by atoms with Gasteiger partial charge in [0.2, 0.25) is 0 Å². The van der Waals surface area contributed by atoms with Gasteiger partial charge in [-0.25, -0.2) is 9.59 Å². The van der Waals surface area contributed by atoms with Crippen LogP contribution in [-0.4, -0.2) is 30.6 Å². The van der Waals surface area contributed by atoms with Gasteiger partial charge in [0.1, 0.15) is 11.3 Å². The smallest absolute Gasteiger partial charge is 0.355 e. The van der Waals surface area contributed by atoms with Crippen molar-refractivity contribution in [2.24, 2.45) is 0 Å². The third-order valence-corrected chi connectivity index (χ3v) is 3.37. The first-order valence-corrected chi connectivity index (χ1v) is 8.31. The summed E-state index contributed by atoms with van der Waals surface area (Å²) in [6, 6.07) is 14.5. The second kappa shape index (κ2) is 10.4. The number of methoxy groups -OCH3 is 1. The highest BCUT2D eigenvalue weighted by atomic mass is 16.5. The van der Waals surface area contributed by atoms with Gasteiger partial charge in [0.05, 0.1) is 19.4 Å². The lowest BCUT2D eigenvalue weighted by Gasteiger charge is -2.10. The van der Waals surface area contributed by atoms with E-state index in [2.05, 4.69) is 15.6 Å². The number of rotatable bonds is 8. The Labute approximate surface area is 157 Å². The van der Waals surface area contributed by atoms with Crippen molar-refractivity contribution in [2.45, 2.75) is 6.92 Å². The van der Waals surface area contributed by atoms with Gasteiger partial charge >= 0.3 is 11.9 Å². The van der Waals surface area contributed by atoms with E-state index in [1.807, 2.05) is 30.3 Å². The molecular formula is C20H21N3O4. The Hall–Kier alpha value is -3.61. The Kier molecular flexibility index (Phi) is 7.59. The van der Waals surface area contributed by atoms with Gasteiger partial charge in [0.25, 0.3) is 0 Å². The average Bonchev–Trinajstić information content (AvgIpc) is 2.71. The van der Waals surface area contributed by atoms with E-state index in [4.69, 9.17) is 9.47 Å². The van der Waals surface area contributed by atoms with Gasteiger partial charge in [-0.1, -0.05) is 24.3 Å². The molecule has 0 unspecified atom stereocenters. The molecule has 0 amide bonds. The molecule has 0 spiro atoms. The molecular weight excluding hydrogens is 346 g/mol. The first-order valence-electron chi connectivity index (χ1n) is 8.31. The fourth-order valence-electron chi connectivity index (χ4n) is 2.08. The zero-order valence-corrected chi connectivity index (χ0v) is 15.1. The molecule has 2 rings (SSSR count). The Morgan fingerprint density at radius 2 is 1.78 bits per heavy atom. The highest BCUT2D eigenvalue weighted by molar-refractivity contribution is 6.15. The molecule has 2 aromatic rings. The van der Waals surface area contributed by atoms with Crippen LogP contribution in [-0.2, 0) is 19.1 Å². The molecule has 0 fully saturated rings. The summed E-state index contributed by atoms with van der Waals surface area (Å²) in [5, 5.41) is 5.79. The van der Waals surface area contributed by atoms with Crippen LogP contribution in [0.1, 0.15) is 12.6 Å². The maximum atomic E-state index is 12.3. The number of hydrogen-bond donors (Lipinski definition) is 2. The maximum Gasteiger partial charge on any atom is 0.355 e. The highest BCUT2D eigenvalue weighted by Gasteiger charge is 2.16. The minimum absolute atomic E-state index is 0.110. The molecule has 140 valence electrons. The van der Waals surface area contributed by atoms with Gasteiger partial charge in [-0.15, -0.1) is 0 Å². The molecule has 27 heavy (non-hydrogen) atoms. The first kappa shape index (κ1) is 19.7. The van der Waals surface area contributed by atoms with Crippen molar-refractivity contribution < 1.29 is 19.1 Å². The molecule has 7 heteroatoms. The molecule has 1 aromatic carbocycles. The lowest BCUT2D eigenvalue weighted by molar-refractivity contribution is -0.137. The number of carbonyl (C=O) groups excluding carboxylic acids is 2. The standard InChI is InChI=1S/C20H21N3O4/c1-3-27-19(24)16(17-11-7-8-12-21-17)13-23-18(20(25)26-2)14-22-15-9-5-4-6-10-15/h4-14,22-23H,3H2,1-2H3/b16-13+,18-14+. The number of hydrogen-bond acceptors (Lipinski definition) is 7. The predicted octanol–water partition coefficient (Wildman–Crippen LogP) is 2.70. The summed E-state index contributed by atoms with van der Waals surface area (Å²) in [5.74, 6) is -1.15. The monoisotopic (exact) mass is 367 g/mol. The van der Waals surface area contributed by atoms with Gasteiger partial charge in [-0.3, -0.25) is 4.98 Å². The van der Waals surface area contributed by atoms with Crippen LogP contribution in [0.5, 0.6) is 0 Å². The summed E-state index contributed by atoms with van der Waals surface area (Å²) in [6.45, 7) is 1.93. The average molecular weight is 367 g/mol. The quantitative estimate of drug-likeness (QED) is 0.548. The highest BCUT2D eigenvalue weighted by Crippen LogP contribution is 2.13. The molecule has 0 aliphatic rings. The maximum absolute atomic E-state index is 12.3. The van der Waals surface area contributed by atoms with Gasteiger partial charge in [-0.2, -0.15) is 0 Å². The number of carbonyl (C=O) groups is 2. The van der Waals surface area contributed by atoms with E-state index in [1.54, 1.807) is 31.3 Å². The number of aromatic nitrogens is 1. The van der Waals surface area contributed by atoms with Crippen molar-refractivity contribution >= 4 is 23.2 Å². The summed E-state index contributed by atoms with van der Waals surface area (Å²) >= 11 is 0. The molecule has 0 aliphatic carbocycles. The van der Waals surface area contributed by atoms with Crippen LogP contribution in [0.15, 0.2) is 72.8 Å². The fraction of sp³-hybridized carbons (Fsp3) is 0.150. The Balaban J connectivity index is 2.27. The van der Waals surface area contributed by atoms with Crippen LogP contribution in [0.4, 0.5) is 5.69 Å². The van der Waals surface area contributed by atoms with E-state index >= 15 is 0 Å². The van der Waals surface area contributed by atoms with Crippen molar-refractivity contribution in [3.05, 3.63) is 78.5 Å². The molecule has 0 aliphatic heterocycles. The van der Waals surface area contributed by atoms with E-state index in [0.29, 0.717) is 5.69 Å². The van der Waals surface area contributed by atoms with Crippen LogP contribution in [0.2, 0.25) is 0 Å². The van der Waals surface area contributed by atoms with E-state index in [-0.39, 0.29) is 17.9 Å². The van der Waals surface area contributed by atoms with E-state index in [9.17, 15) is 9.59 Å². The molecule has 0 saturated heterocycles. The lowest BCUT2D eigenvalue weighted by atomic mass is 10.2. The number of nitrogens with one attached hydrogen (secondary N) is 2. The summed E-state index contributed by atoms with van der Waals surface area (Å²) < 4.78 is 9.84. The molecule has 0 saturated carbocycles. The van der Waals surface area contributed by atoms with Crippen LogP contribution < -0.4 is 10.6 Å². The summed E-state index contributed by atoms with van der Waals surface area (Å²) in [5.41, 5.74) is 1.51. The van der Waals surface area contributed by atoms with E-state index in [0.717, 1.165) is 5.69 Å². The van der Waals surface area contributed by atoms with Gasteiger partial charge in [0, 0.05) is 24.3 Å². The van der Waals surface area contributed by atoms with Crippen molar-refractivity contribution in [3.63, 3.8) is 0 Å². The number of para-hydroxylation sites is 1. The van der Waals surface area contributed by atoms with Crippen LogP contribution >= 0.6 is 0 Å². The molecule has 1 heterocycles. The van der Waals surface area contributed by atoms with Crippen molar-refractivity contribution in [1.82, 2.24) is 10.3 Å². The second-order valence-electron chi connectivity index (χ2n) is 5.20. The molecule has 2 N–H and O–H groups in total. The number of benzene rings is 1. The van der Waals surface area contributed by atoms with Gasteiger partial charge in [-0.05, 0) is 31.2 Å². The molecule has 0 bridgehead atoms. The molecule has 0 atom stereocenters. The Morgan fingerprint density at radius 3 is 2.41 bits per heavy atom. The third kappa shape index (κ3) is 6.00. The number of nitrogens with zero attached hydrogens (tertiary/aromatic N) is 1. The van der Waals surface area contributed by atoms with Crippen molar-refractivity contribution in [3.8, 4) is 0 Å². The first-order chi connectivity index (χ1) is 13.2. The fourth-order valence-corrected chi connectivity index (χ4v) is 2.08. The number of ether oxygens (including phenoxy) is 2. The van der Waals surface area contributed by atoms with E-state index in [1.165, 1.54) is 19.5 Å². The third-order valence-electron chi connectivity index (χ3n) is 3.37. The Morgan fingerprint density at radius 1 is 1.04 bits per heavy atom. The molecule has 0 radical (unpaired) electrons. The topological polar surface area (TPSA) is 89.6 Å². The SMILES string of the molecule is CCOC(=O)/C(=C/N/C(=C/Nc1ccccc1)C(=O)OC)c1ccccn1. The normalized spacial score (nSPS) is 11.5. The number of esters is 2. The minimum atomic E-state index is -0.598. The number of anilines is 1. The predicted molar refractivity (Wildman–Crippen MR) is 102 cm³/mol. The number of pyridine rings is 1.